The summed E-state index contributed by atoms with van der Waals surface area (Å²) in [5.41, 5.74) is 0.961. The van der Waals surface area contributed by atoms with E-state index in [0.717, 1.165) is 30.3 Å². The molecule has 1 saturated heterocycles. The van der Waals surface area contributed by atoms with Crippen LogP contribution >= 0.6 is 23.2 Å². The Kier molecular flexibility index (Phi) is 5.11. The van der Waals surface area contributed by atoms with Gasteiger partial charge in [-0.2, -0.15) is 0 Å². The summed E-state index contributed by atoms with van der Waals surface area (Å²) >= 11 is 12.0. The average molecular weight is 274 g/mol. The summed E-state index contributed by atoms with van der Waals surface area (Å²) in [6.45, 7) is 3.52. The predicted octanol–water partition coefficient (Wildman–Crippen LogP) is 3.51. The first-order valence-electron chi connectivity index (χ1n) is 5.98. The summed E-state index contributed by atoms with van der Waals surface area (Å²) in [6, 6.07) is 5.46. The van der Waals surface area contributed by atoms with Crippen LogP contribution in [0.2, 0.25) is 10.0 Å². The van der Waals surface area contributed by atoms with Crippen molar-refractivity contribution in [2.24, 2.45) is 5.92 Å². The van der Waals surface area contributed by atoms with Gasteiger partial charge >= 0.3 is 0 Å². The molecule has 0 aromatic heterocycles. The third kappa shape index (κ3) is 4.14. The molecule has 17 heavy (non-hydrogen) atoms. The first-order chi connectivity index (χ1) is 8.25. The highest BCUT2D eigenvalue weighted by Crippen LogP contribution is 2.21. The lowest BCUT2D eigenvalue weighted by molar-refractivity contribution is 0.0783. The van der Waals surface area contributed by atoms with E-state index < -0.39 is 0 Å². The summed E-state index contributed by atoms with van der Waals surface area (Å²) in [5.74, 6) is 0.627. The summed E-state index contributed by atoms with van der Waals surface area (Å²) < 4.78 is 5.71. The number of nitrogens with one attached hydrogen (secondary N) is 1. The molecule has 1 aromatic carbocycles. The quantitative estimate of drug-likeness (QED) is 0.907. The first kappa shape index (κ1) is 13.2. The predicted molar refractivity (Wildman–Crippen MR) is 71.7 cm³/mol. The third-order valence-electron chi connectivity index (χ3n) is 3.02. The molecule has 0 radical (unpaired) electrons. The van der Waals surface area contributed by atoms with Gasteiger partial charge in [0.2, 0.25) is 0 Å². The maximum Gasteiger partial charge on any atom is 0.0732 e. The van der Waals surface area contributed by atoms with E-state index in [9.17, 15) is 0 Å². The van der Waals surface area contributed by atoms with E-state index in [2.05, 4.69) is 5.32 Å². The molecule has 0 bridgehead atoms. The summed E-state index contributed by atoms with van der Waals surface area (Å²) in [6.07, 6.45) is 2.49. The second kappa shape index (κ2) is 6.60. The second-order valence-electron chi connectivity index (χ2n) is 4.46. The van der Waals surface area contributed by atoms with E-state index in [1.807, 2.05) is 12.1 Å². The van der Waals surface area contributed by atoms with E-state index in [4.69, 9.17) is 27.9 Å². The van der Waals surface area contributed by atoms with Gasteiger partial charge in [0.25, 0.3) is 0 Å². The highest BCUT2D eigenvalue weighted by molar-refractivity contribution is 6.33. The fraction of sp³-hybridized carbons (Fsp3) is 0.538. The number of ether oxygens (including phenoxy) is 1. The number of halogens is 2. The van der Waals surface area contributed by atoms with Crippen LogP contribution in [0.4, 0.5) is 0 Å². The van der Waals surface area contributed by atoms with Crippen LogP contribution in [-0.2, 0) is 11.3 Å². The zero-order valence-electron chi connectivity index (χ0n) is 9.72. The molecule has 1 N–H and O–H groups in total. The van der Waals surface area contributed by atoms with Crippen molar-refractivity contribution in [1.29, 1.82) is 0 Å². The molecule has 0 aliphatic carbocycles. The molecular weight excluding hydrogens is 257 g/mol. The maximum absolute atomic E-state index is 6.07. The second-order valence-corrected chi connectivity index (χ2v) is 5.31. The summed E-state index contributed by atoms with van der Waals surface area (Å²) in [5, 5.41) is 4.80. The third-order valence-corrected chi connectivity index (χ3v) is 3.62. The van der Waals surface area contributed by atoms with E-state index in [1.165, 1.54) is 12.8 Å². The Morgan fingerprint density at radius 2 is 2.24 bits per heavy atom. The molecule has 1 heterocycles. The van der Waals surface area contributed by atoms with Gasteiger partial charge in [-0.15, -0.1) is 0 Å². The van der Waals surface area contributed by atoms with Gasteiger partial charge in [0.05, 0.1) is 13.2 Å². The van der Waals surface area contributed by atoms with Gasteiger partial charge in [0, 0.05) is 16.6 Å². The largest absolute Gasteiger partial charge is 0.376 e. The van der Waals surface area contributed by atoms with Crippen molar-refractivity contribution in [2.75, 3.05) is 19.7 Å². The minimum absolute atomic E-state index is 0.538. The first-order valence-corrected chi connectivity index (χ1v) is 6.73. The van der Waals surface area contributed by atoms with Gasteiger partial charge in [-0.1, -0.05) is 23.2 Å². The SMILES string of the molecule is Clc1ccc(Cl)c(COC[C@H]2CCCNC2)c1. The van der Waals surface area contributed by atoms with Gasteiger partial charge in [-0.25, -0.2) is 0 Å². The lowest BCUT2D eigenvalue weighted by atomic mass is 10.0. The van der Waals surface area contributed by atoms with Gasteiger partial charge in [0.15, 0.2) is 0 Å². The van der Waals surface area contributed by atoms with Crippen LogP contribution in [0.15, 0.2) is 18.2 Å². The molecular formula is C13H17Cl2NO. The fourth-order valence-electron chi connectivity index (χ4n) is 2.06. The standard InChI is InChI=1S/C13H17Cl2NO/c14-12-3-4-13(15)11(6-12)9-17-8-10-2-1-5-16-7-10/h3-4,6,10,16H,1-2,5,7-9H2/t10-/m0/s1. The van der Waals surface area contributed by atoms with Crippen molar-refractivity contribution in [3.05, 3.63) is 33.8 Å². The van der Waals surface area contributed by atoms with Crippen LogP contribution in [0.5, 0.6) is 0 Å². The Morgan fingerprint density at radius 1 is 1.35 bits per heavy atom. The van der Waals surface area contributed by atoms with Crippen molar-refractivity contribution in [1.82, 2.24) is 5.32 Å². The Balaban J connectivity index is 1.79. The normalized spacial score (nSPS) is 20.5. The number of hydrogen-bond donors (Lipinski definition) is 1. The Bertz CT molecular complexity index is 364. The van der Waals surface area contributed by atoms with Crippen molar-refractivity contribution in [3.63, 3.8) is 0 Å². The zero-order valence-corrected chi connectivity index (χ0v) is 11.2. The molecule has 0 spiro atoms. The lowest BCUT2D eigenvalue weighted by Crippen LogP contribution is -2.32. The van der Waals surface area contributed by atoms with Crippen molar-refractivity contribution in [3.8, 4) is 0 Å². The van der Waals surface area contributed by atoms with Crippen LogP contribution in [0.3, 0.4) is 0 Å². The smallest absolute Gasteiger partial charge is 0.0732 e. The Morgan fingerprint density at radius 3 is 3.00 bits per heavy atom. The minimum atomic E-state index is 0.538. The topological polar surface area (TPSA) is 21.3 Å². The van der Waals surface area contributed by atoms with Crippen LogP contribution in [-0.4, -0.2) is 19.7 Å². The monoisotopic (exact) mass is 273 g/mol. The van der Waals surface area contributed by atoms with Crippen LogP contribution in [0.1, 0.15) is 18.4 Å². The average Bonchev–Trinajstić information content (AvgIpc) is 2.35. The van der Waals surface area contributed by atoms with Crippen LogP contribution < -0.4 is 5.32 Å². The highest BCUT2D eigenvalue weighted by Gasteiger charge is 2.13. The Hall–Kier alpha value is -0.280. The molecule has 1 fully saturated rings. The lowest BCUT2D eigenvalue weighted by Gasteiger charge is -2.22. The summed E-state index contributed by atoms with van der Waals surface area (Å²) in [4.78, 5) is 0. The molecule has 94 valence electrons. The van der Waals surface area contributed by atoms with E-state index in [1.54, 1.807) is 6.07 Å². The van der Waals surface area contributed by atoms with Crippen molar-refractivity contribution >= 4 is 23.2 Å². The molecule has 1 aliphatic rings. The fourth-order valence-corrected chi connectivity index (χ4v) is 2.42. The number of piperidine rings is 1. The summed E-state index contributed by atoms with van der Waals surface area (Å²) in [7, 11) is 0. The molecule has 0 amide bonds. The Labute approximate surface area is 112 Å². The molecule has 0 unspecified atom stereocenters. The zero-order chi connectivity index (χ0) is 12.1. The molecule has 1 aromatic rings. The van der Waals surface area contributed by atoms with E-state index in [0.29, 0.717) is 17.5 Å². The van der Waals surface area contributed by atoms with Gasteiger partial charge in [-0.3, -0.25) is 0 Å². The van der Waals surface area contributed by atoms with E-state index in [-0.39, 0.29) is 0 Å². The van der Waals surface area contributed by atoms with E-state index >= 15 is 0 Å². The van der Waals surface area contributed by atoms with Gasteiger partial charge < -0.3 is 10.1 Å². The minimum Gasteiger partial charge on any atom is -0.376 e. The molecule has 2 nitrogen and oxygen atoms in total. The van der Waals surface area contributed by atoms with Crippen molar-refractivity contribution in [2.45, 2.75) is 19.4 Å². The van der Waals surface area contributed by atoms with Crippen LogP contribution in [0, 0.1) is 5.92 Å². The maximum atomic E-state index is 6.07. The molecule has 2 rings (SSSR count). The number of rotatable bonds is 4. The van der Waals surface area contributed by atoms with Gasteiger partial charge in [-0.05, 0) is 49.1 Å². The molecule has 1 aliphatic heterocycles. The molecule has 4 heteroatoms. The van der Waals surface area contributed by atoms with Crippen LogP contribution in [0.25, 0.3) is 0 Å². The number of hydrogen-bond acceptors (Lipinski definition) is 2. The number of benzene rings is 1. The van der Waals surface area contributed by atoms with Crippen molar-refractivity contribution < 1.29 is 4.74 Å². The highest BCUT2D eigenvalue weighted by atomic mass is 35.5. The van der Waals surface area contributed by atoms with Gasteiger partial charge in [0.1, 0.15) is 0 Å². The molecule has 0 saturated carbocycles. The molecule has 1 atom stereocenters.